The summed E-state index contributed by atoms with van der Waals surface area (Å²) in [5, 5.41) is 14.7. The zero-order valence-electron chi connectivity index (χ0n) is 8.97. The number of carbonyl (C=O) groups excluding carboxylic acids is 1. The van der Waals surface area contributed by atoms with Crippen LogP contribution in [0.5, 0.6) is 0 Å². The minimum absolute atomic E-state index is 0.0859. The van der Waals surface area contributed by atoms with E-state index < -0.39 is 17.9 Å². The quantitative estimate of drug-likeness (QED) is 0.756. The van der Waals surface area contributed by atoms with E-state index in [0.29, 0.717) is 6.42 Å². The first kappa shape index (κ1) is 12.2. The van der Waals surface area contributed by atoms with E-state index in [0.717, 1.165) is 12.8 Å². The monoisotopic (exact) mass is 226 g/mol. The molecule has 0 saturated carbocycles. The molecular formula is C10H14N2O4. The van der Waals surface area contributed by atoms with Crippen molar-refractivity contribution >= 4 is 11.9 Å². The maximum Gasteiger partial charge on any atom is 0.326 e. The first-order valence-corrected chi connectivity index (χ1v) is 5.09. The predicted octanol–water partition coefficient (Wildman–Crippen LogP) is 1.05. The molecule has 6 heteroatoms. The summed E-state index contributed by atoms with van der Waals surface area (Å²) in [7, 11) is 0. The number of hydrogen-bond donors (Lipinski definition) is 2. The standard InChI is InChI=1S/C10H14N2O4/c1-2-3-4-8(10(14)15)11-9(13)7-5-6-16-12-7/h5-6,8H,2-4H2,1H3,(H,11,13)(H,14,15)/t8-/m0/s1. The van der Waals surface area contributed by atoms with E-state index in [1.165, 1.54) is 12.3 Å². The first-order chi connectivity index (χ1) is 7.65. The lowest BCUT2D eigenvalue weighted by atomic mass is 10.1. The van der Waals surface area contributed by atoms with E-state index in [9.17, 15) is 9.59 Å². The molecule has 0 saturated heterocycles. The maximum atomic E-state index is 11.5. The third-order valence-electron chi connectivity index (χ3n) is 2.12. The van der Waals surface area contributed by atoms with Crippen molar-refractivity contribution in [2.24, 2.45) is 0 Å². The van der Waals surface area contributed by atoms with Crippen molar-refractivity contribution < 1.29 is 19.2 Å². The highest BCUT2D eigenvalue weighted by molar-refractivity contribution is 5.94. The van der Waals surface area contributed by atoms with Crippen LogP contribution in [0.2, 0.25) is 0 Å². The number of hydrogen-bond acceptors (Lipinski definition) is 4. The fourth-order valence-electron chi connectivity index (χ4n) is 1.23. The van der Waals surface area contributed by atoms with E-state index in [-0.39, 0.29) is 5.69 Å². The molecule has 2 N–H and O–H groups in total. The number of aliphatic carboxylic acids is 1. The molecule has 1 aromatic heterocycles. The van der Waals surface area contributed by atoms with Gasteiger partial charge in [-0.1, -0.05) is 24.9 Å². The van der Waals surface area contributed by atoms with E-state index in [4.69, 9.17) is 5.11 Å². The second-order valence-corrected chi connectivity index (χ2v) is 3.39. The number of carboxylic acids is 1. The smallest absolute Gasteiger partial charge is 0.326 e. The van der Waals surface area contributed by atoms with Gasteiger partial charge in [0.1, 0.15) is 12.3 Å². The molecule has 0 unspecified atom stereocenters. The number of carbonyl (C=O) groups is 2. The van der Waals surface area contributed by atoms with Crippen LogP contribution in [0.1, 0.15) is 36.7 Å². The van der Waals surface area contributed by atoms with Gasteiger partial charge in [-0.2, -0.15) is 0 Å². The van der Waals surface area contributed by atoms with Crippen molar-refractivity contribution in [3.63, 3.8) is 0 Å². The molecule has 0 fully saturated rings. The van der Waals surface area contributed by atoms with E-state index in [1.807, 2.05) is 6.92 Å². The molecule has 6 nitrogen and oxygen atoms in total. The molecule has 1 aromatic rings. The normalized spacial score (nSPS) is 12.1. The van der Waals surface area contributed by atoms with Crippen molar-refractivity contribution in [1.29, 1.82) is 0 Å². The average Bonchev–Trinajstić information content (AvgIpc) is 2.76. The molecule has 1 heterocycles. The molecule has 0 spiro atoms. The van der Waals surface area contributed by atoms with Crippen LogP contribution in [-0.2, 0) is 4.79 Å². The SMILES string of the molecule is CCCC[C@H](NC(=O)c1ccon1)C(=O)O. The maximum absolute atomic E-state index is 11.5. The lowest BCUT2D eigenvalue weighted by Crippen LogP contribution is -2.40. The van der Waals surface area contributed by atoms with Crippen LogP contribution >= 0.6 is 0 Å². The van der Waals surface area contributed by atoms with Crippen LogP contribution in [0.4, 0.5) is 0 Å². The molecule has 1 amide bonds. The van der Waals surface area contributed by atoms with Crippen molar-refractivity contribution in [2.45, 2.75) is 32.2 Å². The largest absolute Gasteiger partial charge is 0.480 e. The molecule has 0 aliphatic heterocycles. The summed E-state index contributed by atoms with van der Waals surface area (Å²) < 4.78 is 4.50. The number of unbranched alkanes of at least 4 members (excludes halogenated alkanes) is 1. The Bertz CT molecular complexity index is 348. The molecule has 0 aliphatic carbocycles. The molecule has 1 rings (SSSR count). The Hall–Kier alpha value is -1.85. The van der Waals surface area contributed by atoms with Gasteiger partial charge in [0.15, 0.2) is 5.69 Å². The Morgan fingerprint density at radius 2 is 2.38 bits per heavy atom. The van der Waals surface area contributed by atoms with Crippen LogP contribution in [0.15, 0.2) is 16.9 Å². The zero-order chi connectivity index (χ0) is 12.0. The highest BCUT2D eigenvalue weighted by Gasteiger charge is 2.20. The molecule has 0 aliphatic rings. The van der Waals surface area contributed by atoms with Gasteiger partial charge in [-0.3, -0.25) is 4.79 Å². The second kappa shape index (κ2) is 5.89. The minimum Gasteiger partial charge on any atom is -0.480 e. The number of nitrogens with zero attached hydrogens (tertiary/aromatic N) is 1. The Labute approximate surface area is 92.6 Å². The van der Waals surface area contributed by atoms with Crippen molar-refractivity contribution in [1.82, 2.24) is 10.5 Å². The van der Waals surface area contributed by atoms with Crippen LogP contribution in [0, 0.1) is 0 Å². The molecule has 16 heavy (non-hydrogen) atoms. The van der Waals surface area contributed by atoms with Gasteiger partial charge in [-0.05, 0) is 6.42 Å². The van der Waals surface area contributed by atoms with Gasteiger partial charge in [0.05, 0.1) is 0 Å². The summed E-state index contributed by atoms with van der Waals surface area (Å²) in [5.41, 5.74) is 0.0859. The van der Waals surface area contributed by atoms with Gasteiger partial charge in [0.25, 0.3) is 5.91 Å². The van der Waals surface area contributed by atoms with Crippen LogP contribution < -0.4 is 5.32 Å². The molecular weight excluding hydrogens is 212 g/mol. The molecule has 0 radical (unpaired) electrons. The Morgan fingerprint density at radius 3 is 2.88 bits per heavy atom. The summed E-state index contributed by atoms with van der Waals surface area (Å²) in [6.45, 7) is 1.96. The Balaban J connectivity index is 2.54. The van der Waals surface area contributed by atoms with Gasteiger partial charge in [-0.15, -0.1) is 0 Å². The highest BCUT2D eigenvalue weighted by atomic mass is 16.5. The van der Waals surface area contributed by atoms with Crippen LogP contribution in [-0.4, -0.2) is 28.2 Å². The number of carboxylic acid groups (broad SMARTS) is 1. The minimum atomic E-state index is -1.04. The fourth-order valence-corrected chi connectivity index (χ4v) is 1.23. The third kappa shape index (κ3) is 3.38. The highest BCUT2D eigenvalue weighted by Crippen LogP contribution is 2.03. The molecule has 1 atom stereocenters. The van der Waals surface area contributed by atoms with Gasteiger partial charge >= 0.3 is 5.97 Å². The summed E-state index contributed by atoms with van der Waals surface area (Å²) in [5.74, 6) is -1.57. The van der Waals surface area contributed by atoms with Crippen molar-refractivity contribution in [3.8, 4) is 0 Å². The number of aromatic nitrogens is 1. The summed E-state index contributed by atoms with van der Waals surface area (Å²) in [6.07, 6.45) is 3.30. The molecule has 0 bridgehead atoms. The molecule has 0 aromatic carbocycles. The average molecular weight is 226 g/mol. The molecule has 88 valence electrons. The van der Waals surface area contributed by atoms with Crippen molar-refractivity contribution in [2.75, 3.05) is 0 Å². The van der Waals surface area contributed by atoms with E-state index >= 15 is 0 Å². The van der Waals surface area contributed by atoms with Gasteiger partial charge in [0, 0.05) is 6.07 Å². The Morgan fingerprint density at radius 1 is 1.62 bits per heavy atom. The predicted molar refractivity (Wildman–Crippen MR) is 54.9 cm³/mol. The van der Waals surface area contributed by atoms with Gasteiger partial charge < -0.3 is 14.9 Å². The number of rotatable bonds is 6. The summed E-state index contributed by atoms with van der Waals surface area (Å²) in [4.78, 5) is 22.3. The summed E-state index contributed by atoms with van der Waals surface area (Å²) in [6, 6.07) is 0.512. The Kier molecular flexibility index (Phi) is 4.50. The van der Waals surface area contributed by atoms with E-state index in [1.54, 1.807) is 0 Å². The number of nitrogens with one attached hydrogen (secondary N) is 1. The van der Waals surface area contributed by atoms with Crippen LogP contribution in [0.25, 0.3) is 0 Å². The van der Waals surface area contributed by atoms with Crippen molar-refractivity contribution in [3.05, 3.63) is 18.0 Å². The van der Waals surface area contributed by atoms with Gasteiger partial charge in [0.2, 0.25) is 0 Å². The topological polar surface area (TPSA) is 92.4 Å². The lowest BCUT2D eigenvalue weighted by Gasteiger charge is -2.12. The van der Waals surface area contributed by atoms with Crippen LogP contribution in [0.3, 0.4) is 0 Å². The van der Waals surface area contributed by atoms with E-state index in [2.05, 4.69) is 15.0 Å². The van der Waals surface area contributed by atoms with Gasteiger partial charge in [-0.25, -0.2) is 4.79 Å². The summed E-state index contributed by atoms with van der Waals surface area (Å²) >= 11 is 0. The fraction of sp³-hybridized carbons (Fsp3) is 0.500. The second-order valence-electron chi connectivity index (χ2n) is 3.39. The lowest BCUT2D eigenvalue weighted by molar-refractivity contribution is -0.139. The third-order valence-corrected chi connectivity index (χ3v) is 2.12. The first-order valence-electron chi connectivity index (χ1n) is 5.09. The zero-order valence-corrected chi connectivity index (χ0v) is 8.97. The number of amides is 1.